The molecule has 0 aliphatic heterocycles. The molecule has 8 nitrogen and oxygen atoms in total. The van der Waals surface area contributed by atoms with Crippen LogP contribution in [0, 0.1) is 0 Å². The highest BCUT2D eigenvalue weighted by atomic mass is 32.1. The molecule has 0 saturated carbocycles. The second-order valence-electron chi connectivity index (χ2n) is 4.73. The van der Waals surface area contributed by atoms with Gasteiger partial charge in [-0.3, -0.25) is 0 Å². The van der Waals surface area contributed by atoms with Crippen LogP contribution in [0.25, 0.3) is 5.69 Å². The van der Waals surface area contributed by atoms with Crippen molar-refractivity contribution < 1.29 is 6.11 Å². The average molecular weight is 322 g/mol. The molecule has 0 bridgehead atoms. The van der Waals surface area contributed by atoms with E-state index in [0.717, 1.165) is 17.7 Å². The van der Waals surface area contributed by atoms with E-state index < -0.39 is 0 Å². The van der Waals surface area contributed by atoms with E-state index in [1.54, 1.807) is 12.4 Å². The lowest BCUT2D eigenvalue weighted by Crippen LogP contribution is -2.22. The molecule has 0 aromatic carbocycles. The van der Waals surface area contributed by atoms with Crippen molar-refractivity contribution >= 4 is 11.3 Å². The van der Waals surface area contributed by atoms with Gasteiger partial charge in [-0.25, -0.2) is 9.78 Å². The molecule has 0 radical (unpaired) electrons. The summed E-state index contributed by atoms with van der Waals surface area (Å²) in [4.78, 5) is 16.1. The highest BCUT2D eigenvalue weighted by Gasteiger charge is 2.19. The monoisotopic (exact) mass is 322 g/mol. The van der Waals surface area contributed by atoms with Crippen molar-refractivity contribution in [3.63, 3.8) is 0 Å². The SMILES string of the molecule is [3H]c1csc(OCc2c(-n3nnn(C)c3=O)cn(C)c2CC)n1. The fourth-order valence-electron chi connectivity index (χ4n) is 2.35. The van der Waals surface area contributed by atoms with E-state index in [1.807, 2.05) is 24.7 Å². The first-order valence-electron chi connectivity index (χ1n) is 7.22. The van der Waals surface area contributed by atoms with Crippen LogP contribution >= 0.6 is 11.3 Å². The first kappa shape index (κ1) is 13.3. The van der Waals surface area contributed by atoms with E-state index in [2.05, 4.69) is 15.4 Å². The maximum absolute atomic E-state index is 12.1. The minimum Gasteiger partial charge on any atom is -0.465 e. The summed E-state index contributed by atoms with van der Waals surface area (Å²) in [7, 11) is 3.47. The lowest BCUT2D eigenvalue weighted by atomic mass is 10.2. The zero-order valence-electron chi connectivity index (χ0n) is 13.5. The van der Waals surface area contributed by atoms with Crippen LogP contribution in [0.4, 0.5) is 0 Å². The summed E-state index contributed by atoms with van der Waals surface area (Å²) >= 11 is 1.27. The lowest BCUT2D eigenvalue weighted by Gasteiger charge is -2.07. The van der Waals surface area contributed by atoms with Crippen LogP contribution < -0.4 is 10.4 Å². The maximum Gasteiger partial charge on any atom is 0.368 e. The van der Waals surface area contributed by atoms with Crippen LogP contribution in [0.2, 0.25) is 0 Å². The van der Waals surface area contributed by atoms with Gasteiger partial charge in [0.05, 0.1) is 7.06 Å². The Morgan fingerprint density at radius 2 is 2.23 bits per heavy atom. The van der Waals surface area contributed by atoms with Crippen molar-refractivity contribution in [2.24, 2.45) is 14.1 Å². The molecule has 3 rings (SSSR count). The smallest absolute Gasteiger partial charge is 0.368 e. The van der Waals surface area contributed by atoms with Crippen LogP contribution in [-0.4, -0.2) is 29.3 Å². The zero-order chi connectivity index (χ0) is 16.6. The van der Waals surface area contributed by atoms with Gasteiger partial charge in [0.1, 0.15) is 6.61 Å². The van der Waals surface area contributed by atoms with E-state index in [9.17, 15) is 4.79 Å². The third kappa shape index (κ3) is 2.43. The molecule has 9 heteroatoms. The van der Waals surface area contributed by atoms with Gasteiger partial charge >= 0.3 is 5.69 Å². The summed E-state index contributed by atoms with van der Waals surface area (Å²) in [5.41, 5.74) is 2.23. The van der Waals surface area contributed by atoms with Crippen molar-refractivity contribution in [1.82, 2.24) is 29.3 Å². The average Bonchev–Trinajstić information content (AvgIpc) is 3.17. The topological polar surface area (TPSA) is 79.8 Å². The third-order valence-corrected chi connectivity index (χ3v) is 4.03. The number of hydrogen-bond acceptors (Lipinski definition) is 6. The molecule has 3 aromatic rings. The van der Waals surface area contributed by atoms with Gasteiger partial charge in [0.2, 0.25) is 0 Å². The van der Waals surface area contributed by atoms with E-state index in [1.165, 1.54) is 20.7 Å². The number of hydrogen-bond donors (Lipinski definition) is 0. The molecular weight excluding hydrogens is 304 g/mol. The Kier molecular flexibility index (Phi) is 3.47. The minimum absolute atomic E-state index is 0.180. The molecule has 0 aliphatic carbocycles. The molecule has 22 heavy (non-hydrogen) atoms. The zero-order valence-corrected chi connectivity index (χ0v) is 13.3. The Hall–Kier alpha value is -2.42. The van der Waals surface area contributed by atoms with Crippen molar-refractivity contribution in [3.05, 3.63) is 39.5 Å². The molecule has 0 unspecified atom stereocenters. The summed E-state index contributed by atoms with van der Waals surface area (Å²) in [6.45, 7) is 2.28. The van der Waals surface area contributed by atoms with Gasteiger partial charge in [0, 0.05) is 43.1 Å². The Bertz CT molecular complexity index is 893. The summed E-state index contributed by atoms with van der Waals surface area (Å²) in [6.07, 6.45) is 2.80. The van der Waals surface area contributed by atoms with E-state index >= 15 is 0 Å². The van der Waals surface area contributed by atoms with Crippen molar-refractivity contribution in [2.75, 3.05) is 0 Å². The molecule has 0 amide bonds. The second-order valence-corrected chi connectivity index (χ2v) is 5.55. The summed E-state index contributed by atoms with van der Waals surface area (Å²) in [5, 5.41) is 9.69. The van der Waals surface area contributed by atoms with Crippen LogP contribution in [0.5, 0.6) is 5.19 Å². The Morgan fingerprint density at radius 1 is 1.41 bits per heavy atom. The van der Waals surface area contributed by atoms with Crippen LogP contribution in [-0.2, 0) is 27.1 Å². The van der Waals surface area contributed by atoms with Crippen LogP contribution in [0.3, 0.4) is 0 Å². The summed E-state index contributed by atoms with van der Waals surface area (Å²) in [6, 6.07) is 0. The molecule has 0 saturated heterocycles. The molecule has 0 spiro atoms. The molecular formula is C13H16N6O2S. The van der Waals surface area contributed by atoms with Gasteiger partial charge in [0.25, 0.3) is 5.19 Å². The molecule has 116 valence electrons. The number of rotatable bonds is 5. The number of ether oxygens (including phenoxy) is 1. The Morgan fingerprint density at radius 3 is 2.82 bits per heavy atom. The van der Waals surface area contributed by atoms with E-state index in [4.69, 9.17) is 6.11 Å². The van der Waals surface area contributed by atoms with Crippen LogP contribution in [0.15, 0.2) is 22.5 Å². The Labute approximate surface area is 132 Å². The van der Waals surface area contributed by atoms with Gasteiger partial charge in [-0.1, -0.05) is 18.3 Å². The molecule has 3 heterocycles. The normalized spacial score (nSPS) is 11.7. The van der Waals surface area contributed by atoms with Crippen LogP contribution in [0.1, 0.15) is 19.6 Å². The molecule has 0 atom stereocenters. The molecule has 0 aliphatic rings. The molecule has 0 fully saturated rings. The van der Waals surface area contributed by atoms with Crippen molar-refractivity contribution in [1.29, 1.82) is 0 Å². The van der Waals surface area contributed by atoms with E-state index in [-0.39, 0.29) is 18.5 Å². The highest BCUT2D eigenvalue weighted by molar-refractivity contribution is 7.11. The summed E-state index contributed by atoms with van der Waals surface area (Å²) in [5.74, 6) is 0. The van der Waals surface area contributed by atoms with E-state index in [0.29, 0.717) is 10.9 Å². The second kappa shape index (κ2) is 5.76. The number of aromatic nitrogens is 6. The van der Waals surface area contributed by atoms with Gasteiger partial charge in [-0.15, -0.1) is 0 Å². The fourth-order valence-corrected chi connectivity index (χ4v) is 2.79. The van der Waals surface area contributed by atoms with Crippen molar-refractivity contribution in [3.8, 4) is 10.9 Å². The van der Waals surface area contributed by atoms with Gasteiger partial charge < -0.3 is 9.30 Å². The highest BCUT2D eigenvalue weighted by Crippen LogP contribution is 2.23. The summed E-state index contributed by atoms with van der Waals surface area (Å²) < 4.78 is 17.5. The van der Waals surface area contributed by atoms with Gasteiger partial charge in [0.15, 0.2) is 0 Å². The van der Waals surface area contributed by atoms with Crippen molar-refractivity contribution in [2.45, 2.75) is 20.0 Å². The number of nitrogens with zero attached hydrogens (tertiary/aromatic N) is 6. The fraction of sp³-hybridized carbons (Fsp3) is 0.385. The quantitative estimate of drug-likeness (QED) is 0.697. The maximum atomic E-state index is 12.1. The minimum atomic E-state index is -0.317. The predicted octanol–water partition coefficient (Wildman–Crippen LogP) is 0.902. The molecule has 3 aromatic heterocycles. The third-order valence-electron chi connectivity index (χ3n) is 3.39. The lowest BCUT2D eigenvalue weighted by molar-refractivity contribution is 0.302. The first-order valence-corrected chi connectivity index (χ1v) is 7.60. The Balaban J connectivity index is 2.00. The van der Waals surface area contributed by atoms with Gasteiger partial charge in [-0.05, 0) is 16.8 Å². The number of aryl methyl sites for hydroxylation is 2. The first-order chi connectivity index (χ1) is 11.0. The standard InChI is InChI=1S/C13H16N6O2S/c1-4-10-9(8-21-12-14-5-6-22-12)11(7-17(10)2)19-13(20)18(3)15-16-19/h5-7H,4,8H2,1-3H3/i5T. The number of tetrazole rings is 1. The predicted molar refractivity (Wildman–Crippen MR) is 81.4 cm³/mol. The van der Waals surface area contributed by atoms with Gasteiger partial charge in [-0.2, -0.15) is 9.36 Å². The largest absolute Gasteiger partial charge is 0.465 e. The molecule has 0 N–H and O–H groups in total. The number of thiazole rings is 1.